The number of rotatable bonds is 4. The molecule has 3 aromatic carbocycles. The fourth-order valence-corrected chi connectivity index (χ4v) is 6.45. The molecule has 0 saturated carbocycles. The number of carbonyl (C=O) groups is 1. The van der Waals surface area contributed by atoms with Gasteiger partial charge in [0.1, 0.15) is 17.5 Å². The second-order valence-corrected chi connectivity index (χ2v) is 13.6. The van der Waals surface area contributed by atoms with Gasteiger partial charge in [0.2, 0.25) is 0 Å². The Morgan fingerprint density at radius 1 is 0.955 bits per heavy atom. The van der Waals surface area contributed by atoms with Crippen molar-refractivity contribution in [2.24, 2.45) is 4.40 Å². The monoisotopic (exact) mass is 671 g/mol. The van der Waals surface area contributed by atoms with Crippen LogP contribution in [0.2, 0.25) is 10.0 Å². The van der Waals surface area contributed by atoms with Crippen molar-refractivity contribution in [1.29, 1.82) is 0 Å². The standard InChI is InChI=1S/C29H26Cl2F3N3O6S/c1-28(2,3)43-27(39)36-14-22(35-44(40,41)19-8-6-18(7-9-19)42-29(32,33)34)26(38)25(15-36)37-23-10-4-16(30)12-20(23)21-13-17(31)5-11-24(21)37/h4-13,25-26,38H,14-15H2,1-3H3/b35-22+/t25-,26-/m0/s1. The van der Waals surface area contributed by atoms with E-state index in [9.17, 15) is 31.5 Å². The van der Waals surface area contributed by atoms with Crippen LogP contribution in [0.5, 0.6) is 5.75 Å². The third-order valence-corrected chi connectivity index (χ3v) is 8.58. The average Bonchev–Trinajstić information content (AvgIpc) is 3.20. The minimum atomic E-state index is -4.96. The molecule has 5 rings (SSSR count). The highest BCUT2D eigenvalue weighted by Gasteiger charge is 2.40. The summed E-state index contributed by atoms with van der Waals surface area (Å²) in [5.74, 6) is -0.621. The fourth-order valence-electron chi connectivity index (χ4n) is 5.05. The highest BCUT2D eigenvalue weighted by atomic mass is 35.5. The van der Waals surface area contributed by atoms with E-state index >= 15 is 0 Å². The number of halogens is 5. The van der Waals surface area contributed by atoms with Crippen molar-refractivity contribution >= 4 is 66.8 Å². The summed E-state index contributed by atoms with van der Waals surface area (Å²) < 4.78 is 79.3. The molecular formula is C29H26Cl2F3N3O6S. The molecule has 2 heterocycles. The molecule has 0 radical (unpaired) electrons. The predicted octanol–water partition coefficient (Wildman–Crippen LogP) is 6.98. The number of ether oxygens (including phenoxy) is 2. The molecule has 0 aliphatic carbocycles. The number of carbonyl (C=O) groups excluding carboxylic acids is 1. The maximum absolute atomic E-state index is 13.3. The van der Waals surface area contributed by atoms with Gasteiger partial charge in [0, 0.05) is 38.4 Å². The number of aliphatic hydroxyl groups excluding tert-OH is 1. The van der Waals surface area contributed by atoms with Crippen molar-refractivity contribution in [2.75, 3.05) is 13.1 Å². The Morgan fingerprint density at radius 2 is 1.50 bits per heavy atom. The molecule has 0 spiro atoms. The molecule has 1 N–H and O–H groups in total. The first-order valence-corrected chi connectivity index (χ1v) is 15.4. The van der Waals surface area contributed by atoms with Gasteiger partial charge in [-0.3, -0.25) is 0 Å². The van der Waals surface area contributed by atoms with Crippen molar-refractivity contribution in [3.63, 3.8) is 0 Å². The molecule has 1 fully saturated rings. The topological polar surface area (TPSA) is 110 Å². The number of fused-ring (bicyclic) bond motifs is 3. The van der Waals surface area contributed by atoms with Crippen LogP contribution in [-0.4, -0.2) is 66.0 Å². The number of aromatic nitrogens is 1. The Balaban J connectivity index is 1.62. The number of sulfonamides is 1. The highest BCUT2D eigenvalue weighted by Crippen LogP contribution is 2.38. The first-order chi connectivity index (χ1) is 20.4. The van der Waals surface area contributed by atoms with Gasteiger partial charge >= 0.3 is 12.5 Å². The van der Waals surface area contributed by atoms with Crippen LogP contribution < -0.4 is 4.74 Å². The molecule has 234 valence electrons. The molecule has 2 atom stereocenters. The lowest BCUT2D eigenvalue weighted by molar-refractivity contribution is -0.274. The van der Waals surface area contributed by atoms with Crippen LogP contribution in [0.15, 0.2) is 70.0 Å². The Hall–Kier alpha value is -3.52. The molecule has 1 amide bonds. The van der Waals surface area contributed by atoms with Crippen LogP contribution in [0.4, 0.5) is 18.0 Å². The lowest BCUT2D eigenvalue weighted by Gasteiger charge is -2.38. The van der Waals surface area contributed by atoms with Gasteiger partial charge in [0.25, 0.3) is 10.0 Å². The fraction of sp³-hybridized carbons (Fsp3) is 0.310. The summed E-state index contributed by atoms with van der Waals surface area (Å²) in [5.41, 5.74) is 0.0983. The van der Waals surface area contributed by atoms with Crippen LogP contribution in [0.1, 0.15) is 26.8 Å². The number of alkyl halides is 3. The van der Waals surface area contributed by atoms with E-state index in [1.54, 1.807) is 61.7 Å². The summed E-state index contributed by atoms with van der Waals surface area (Å²) in [6, 6.07) is 12.8. The minimum Gasteiger partial charge on any atom is -0.444 e. The van der Waals surface area contributed by atoms with E-state index in [4.69, 9.17) is 27.9 Å². The second-order valence-electron chi connectivity index (χ2n) is 11.1. The van der Waals surface area contributed by atoms with Crippen LogP contribution in [0, 0.1) is 0 Å². The maximum atomic E-state index is 13.3. The molecule has 4 aromatic rings. The zero-order valence-corrected chi connectivity index (χ0v) is 25.8. The summed E-state index contributed by atoms with van der Waals surface area (Å²) in [6.45, 7) is 4.55. The summed E-state index contributed by atoms with van der Waals surface area (Å²) in [6.07, 6.45) is -7.24. The zero-order chi connectivity index (χ0) is 32.2. The van der Waals surface area contributed by atoms with Gasteiger partial charge in [-0.05, 0) is 81.4 Å². The first kappa shape index (κ1) is 31.9. The van der Waals surface area contributed by atoms with Crippen molar-refractivity contribution in [3.05, 3.63) is 70.7 Å². The SMILES string of the molecule is CC(C)(C)OC(=O)N1C/C(=N\S(=O)(=O)c2ccc(OC(F)(F)F)cc2)[C@H](O)[C@@H](n2c3ccc(Cl)cc3c3cc(Cl)ccc32)C1. The van der Waals surface area contributed by atoms with Gasteiger partial charge in [-0.15, -0.1) is 13.2 Å². The molecule has 1 aromatic heterocycles. The molecule has 44 heavy (non-hydrogen) atoms. The van der Waals surface area contributed by atoms with Gasteiger partial charge in [0.15, 0.2) is 0 Å². The van der Waals surface area contributed by atoms with Crippen LogP contribution in [0.25, 0.3) is 21.8 Å². The van der Waals surface area contributed by atoms with Crippen molar-refractivity contribution < 1.29 is 41.0 Å². The second kappa shape index (κ2) is 11.4. The normalized spacial score (nSPS) is 19.1. The van der Waals surface area contributed by atoms with E-state index in [0.717, 1.165) is 24.3 Å². The van der Waals surface area contributed by atoms with E-state index in [2.05, 4.69) is 9.13 Å². The smallest absolute Gasteiger partial charge is 0.444 e. The number of hydrogen-bond acceptors (Lipinski definition) is 6. The summed E-state index contributed by atoms with van der Waals surface area (Å²) in [7, 11) is -4.56. The largest absolute Gasteiger partial charge is 0.573 e. The van der Waals surface area contributed by atoms with Crippen molar-refractivity contribution in [3.8, 4) is 5.75 Å². The Bertz CT molecular complexity index is 1830. The van der Waals surface area contributed by atoms with E-state index < -0.39 is 57.4 Å². The van der Waals surface area contributed by atoms with E-state index in [1.165, 1.54) is 4.90 Å². The number of amides is 1. The first-order valence-electron chi connectivity index (χ1n) is 13.2. The number of piperidine rings is 1. The van der Waals surface area contributed by atoms with Crippen LogP contribution in [-0.2, 0) is 14.8 Å². The molecule has 9 nitrogen and oxygen atoms in total. The van der Waals surface area contributed by atoms with Gasteiger partial charge in [0.05, 0.1) is 23.2 Å². The number of hydrogen-bond donors (Lipinski definition) is 1. The van der Waals surface area contributed by atoms with E-state index in [0.29, 0.717) is 31.9 Å². The van der Waals surface area contributed by atoms with Crippen LogP contribution >= 0.6 is 23.2 Å². The molecule has 1 aliphatic rings. The number of nitrogens with zero attached hydrogens (tertiary/aromatic N) is 3. The molecule has 0 bridgehead atoms. The van der Waals surface area contributed by atoms with E-state index in [-0.39, 0.29) is 12.3 Å². The van der Waals surface area contributed by atoms with Gasteiger partial charge < -0.3 is 24.0 Å². The molecule has 1 saturated heterocycles. The van der Waals surface area contributed by atoms with Gasteiger partial charge in [-0.25, -0.2) is 4.79 Å². The number of benzene rings is 3. The Kier molecular flexibility index (Phi) is 8.29. The third-order valence-electron chi connectivity index (χ3n) is 6.77. The third kappa shape index (κ3) is 6.75. The number of aliphatic hydroxyl groups is 1. The predicted molar refractivity (Wildman–Crippen MR) is 160 cm³/mol. The summed E-state index contributed by atoms with van der Waals surface area (Å²) in [5, 5.41) is 14.0. The molecule has 1 aliphatic heterocycles. The number of likely N-dealkylation sites (tertiary alicyclic amines) is 1. The van der Waals surface area contributed by atoms with Crippen LogP contribution in [0.3, 0.4) is 0 Å². The molecule has 0 unspecified atom stereocenters. The van der Waals surface area contributed by atoms with Crippen molar-refractivity contribution in [1.82, 2.24) is 9.47 Å². The zero-order valence-electron chi connectivity index (χ0n) is 23.5. The lowest BCUT2D eigenvalue weighted by atomic mass is 9.99. The summed E-state index contributed by atoms with van der Waals surface area (Å²) >= 11 is 12.6. The lowest BCUT2D eigenvalue weighted by Crippen LogP contribution is -2.53. The van der Waals surface area contributed by atoms with Gasteiger partial charge in [-0.1, -0.05) is 23.2 Å². The summed E-state index contributed by atoms with van der Waals surface area (Å²) in [4.78, 5) is 14.0. The Labute approximate surface area is 260 Å². The molecule has 15 heteroatoms. The quantitative estimate of drug-likeness (QED) is 0.251. The molecular weight excluding hydrogens is 646 g/mol. The van der Waals surface area contributed by atoms with E-state index in [1.807, 2.05) is 0 Å². The van der Waals surface area contributed by atoms with Crippen molar-refractivity contribution in [2.45, 2.75) is 49.8 Å². The highest BCUT2D eigenvalue weighted by molar-refractivity contribution is 7.90. The maximum Gasteiger partial charge on any atom is 0.573 e. The minimum absolute atomic E-state index is 0.0806. The van der Waals surface area contributed by atoms with Gasteiger partial charge in [-0.2, -0.15) is 12.8 Å². The Morgan fingerprint density at radius 3 is 2.00 bits per heavy atom. The average molecular weight is 673 g/mol.